The van der Waals surface area contributed by atoms with Gasteiger partial charge in [-0.25, -0.2) is 4.39 Å². The number of alkyl halides is 1. The predicted molar refractivity (Wildman–Crippen MR) is 157 cm³/mol. The minimum atomic E-state index is -2.59. The van der Waals surface area contributed by atoms with Crippen LogP contribution >= 0.6 is 0 Å². The van der Waals surface area contributed by atoms with Crippen LogP contribution in [0, 0.1) is 5.41 Å². The van der Waals surface area contributed by atoms with Crippen LogP contribution in [0.2, 0.25) is 0 Å². The molecule has 41 heavy (non-hydrogen) atoms. The zero-order valence-corrected chi connectivity index (χ0v) is 22.0. The van der Waals surface area contributed by atoms with E-state index in [0.29, 0.717) is 22.7 Å². The van der Waals surface area contributed by atoms with E-state index in [1.165, 1.54) is 0 Å². The third-order valence-electron chi connectivity index (χ3n) is 6.31. The molecule has 4 rings (SSSR count). The number of hydrogen-bond acceptors (Lipinski definition) is 4. The van der Waals surface area contributed by atoms with Crippen molar-refractivity contribution in [1.29, 1.82) is 0 Å². The monoisotopic (exact) mass is 552 g/mol. The van der Waals surface area contributed by atoms with E-state index < -0.39 is 48.1 Å². The minimum absolute atomic E-state index is 0.292. The van der Waals surface area contributed by atoms with Crippen molar-refractivity contribution in [3.05, 3.63) is 121 Å². The highest BCUT2D eigenvalue weighted by atomic mass is 19.1. The Morgan fingerprint density at radius 2 is 0.829 bits per heavy atom. The SMILES string of the molecule is O=C(CC(CC(=O)Nc1ccccc1)(C(=O)Nc1ccccc1)C(F)C(=O)Nc1ccccc1)Nc1ccccc1. The maximum atomic E-state index is 16.5. The first kappa shape index (κ1) is 28.7. The first-order valence-electron chi connectivity index (χ1n) is 12.9. The molecule has 9 heteroatoms. The number of amides is 4. The molecule has 0 aliphatic heterocycles. The summed E-state index contributed by atoms with van der Waals surface area (Å²) in [7, 11) is 0. The number of halogens is 1. The molecule has 1 unspecified atom stereocenters. The van der Waals surface area contributed by atoms with Gasteiger partial charge in [-0.2, -0.15) is 0 Å². The van der Waals surface area contributed by atoms with Gasteiger partial charge < -0.3 is 21.3 Å². The minimum Gasteiger partial charge on any atom is -0.326 e. The van der Waals surface area contributed by atoms with E-state index in [0.717, 1.165) is 0 Å². The van der Waals surface area contributed by atoms with E-state index >= 15 is 4.39 Å². The van der Waals surface area contributed by atoms with Crippen LogP contribution in [0.4, 0.5) is 27.1 Å². The Hall–Kier alpha value is -5.31. The van der Waals surface area contributed by atoms with Gasteiger partial charge in [-0.1, -0.05) is 72.8 Å². The number of anilines is 4. The highest BCUT2D eigenvalue weighted by molar-refractivity contribution is 6.09. The summed E-state index contributed by atoms with van der Waals surface area (Å²) in [6.07, 6.45) is -4.19. The van der Waals surface area contributed by atoms with Crippen LogP contribution in [0.15, 0.2) is 121 Å². The second-order valence-corrected chi connectivity index (χ2v) is 9.38. The summed E-state index contributed by atoms with van der Waals surface area (Å²) in [4.78, 5) is 53.8. The maximum Gasteiger partial charge on any atom is 0.260 e. The maximum absolute atomic E-state index is 16.5. The van der Waals surface area contributed by atoms with Gasteiger partial charge in [0.05, 0.1) is 0 Å². The summed E-state index contributed by atoms with van der Waals surface area (Å²) < 4.78 is 16.5. The van der Waals surface area contributed by atoms with E-state index in [2.05, 4.69) is 21.3 Å². The molecule has 0 radical (unpaired) electrons. The highest BCUT2D eigenvalue weighted by Crippen LogP contribution is 2.37. The number of benzene rings is 4. The van der Waals surface area contributed by atoms with Gasteiger partial charge in [0.25, 0.3) is 5.91 Å². The summed E-state index contributed by atoms with van der Waals surface area (Å²) in [6, 6.07) is 33.2. The summed E-state index contributed by atoms with van der Waals surface area (Å²) >= 11 is 0. The van der Waals surface area contributed by atoms with E-state index in [1.807, 2.05) is 0 Å². The molecule has 208 valence electrons. The van der Waals surface area contributed by atoms with E-state index in [9.17, 15) is 19.2 Å². The van der Waals surface area contributed by atoms with Crippen LogP contribution in [0.5, 0.6) is 0 Å². The molecule has 0 bridgehead atoms. The predicted octanol–water partition coefficient (Wildman–Crippen LogP) is 5.65. The zero-order valence-electron chi connectivity index (χ0n) is 22.0. The number of para-hydroxylation sites is 4. The molecule has 0 saturated carbocycles. The zero-order chi connectivity index (χ0) is 29.1. The van der Waals surface area contributed by atoms with Crippen LogP contribution in [-0.2, 0) is 19.2 Å². The van der Waals surface area contributed by atoms with Gasteiger partial charge in [0.15, 0.2) is 6.17 Å². The topological polar surface area (TPSA) is 116 Å². The van der Waals surface area contributed by atoms with Crippen molar-refractivity contribution < 1.29 is 23.6 Å². The van der Waals surface area contributed by atoms with Gasteiger partial charge in [0, 0.05) is 35.6 Å². The average molecular weight is 553 g/mol. The lowest BCUT2D eigenvalue weighted by Gasteiger charge is -2.33. The third kappa shape index (κ3) is 7.86. The molecule has 0 saturated heterocycles. The van der Waals surface area contributed by atoms with Crippen molar-refractivity contribution in [2.45, 2.75) is 19.0 Å². The van der Waals surface area contributed by atoms with Gasteiger partial charge in [-0.15, -0.1) is 0 Å². The molecule has 0 fully saturated rings. The third-order valence-corrected chi connectivity index (χ3v) is 6.31. The molecule has 1 atom stereocenters. The first-order valence-corrected chi connectivity index (χ1v) is 12.9. The number of carbonyl (C=O) groups is 4. The Morgan fingerprint density at radius 1 is 0.512 bits per heavy atom. The van der Waals surface area contributed by atoms with Crippen molar-refractivity contribution in [3.63, 3.8) is 0 Å². The molecule has 4 aromatic rings. The van der Waals surface area contributed by atoms with Gasteiger partial charge in [-0.05, 0) is 48.5 Å². The van der Waals surface area contributed by atoms with Gasteiger partial charge >= 0.3 is 0 Å². The Bertz CT molecular complexity index is 1410. The molecule has 4 N–H and O–H groups in total. The van der Waals surface area contributed by atoms with Crippen molar-refractivity contribution in [2.75, 3.05) is 21.3 Å². The van der Waals surface area contributed by atoms with Gasteiger partial charge in [0.1, 0.15) is 5.41 Å². The second kappa shape index (κ2) is 13.7. The molecule has 8 nitrogen and oxygen atoms in total. The van der Waals surface area contributed by atoms with Crippen molar-refractivity contribution in [3.8, 4) is 0 Å². The lowest BCUT2D eigenvalue weighted by atomic mass is 9.74. The van der Waals surface area contributed by atoms with Crippen LogP contribution in [-0.4, -0.2) is 29.8 Å². The molecular formula is C32H29FN4O4. The summed E-state index contributed by atoms with van der Waals surface area (Å²) in [5, 5.41) is 10.3. The van der Waals surface area contributed by atoms with E-state index in [1.54, 1.807) is 121 Å². The fourth-order valence-corrected chi connectivity index (χ4v) is 4.30. The Labute approximate surface area is 237 Å². The highest BCUT2D eigenvalue weighted by Gasteiger charge is 2.53. The Balaban J connectivity index is 1.71. The average Bonchev–Trinajstić information content (AvgIpc) is 2.98. The van der Waals surface area contributed by atoms with Gasteiger partial charge in [0.2, 0.25) is 17.7 Å². The summed E-state index contributed by atoms with van der Waals surface area (Å²) in [5.74, 6) is -3.66. The van der Waals surface area contributed by atoms with Crippen molar-refractivity contribution in [1.82, 2.24) is 0 Å². The van der Waals surface area contributed by atoms with Crippen LogP contribution < -0.4 is 21.3 Å². The van der Waals surface area contributed by atoms with E-state index in [4.69, 9.17) is 0 Å². The fourth-order valence-electron chi connectivity index (χ4n) is 4.30. The molecule has 0 spiro atoms. The number of hydrogen-bond donors (Lipinski definition) is 4. The Morgan fingerprint density at radius 3 is 1.20 bits per heavy atom. The summed E-state index contributed by atoms with van der Waals surface area (Å²) in [5.41, 5.74) is -1.00. The van der Waals surface area contributed by atoms with Crippen molar-refractivity contribution >= 4 is 46.4 Å². The summed E-state index contributed by atoms with van der Waals surface area (Å²) in [6.45, 7) is 0. The molecule has 4 amide bonds. The molecule has 0 aliphatic carbocycles. The number of nitrogens with one attached hydrogen (secondary N) is 4. The van der Waals surface area contributed by atoms with Crippen LogP contribution in [0.25, 0.3) is 0 Å². The standard InChI is InChI=1S/C32H29FN4O4/c33-29(30(40)36-25-17-9-3-10-18-25)32(31(41)37-26-19-11-4-12-20-26,21-27(38)34-23-13-5-1-6-14-23)22-28(39)35-24-15-7-2-8-16-24/h1-20,29H,21-22H2,(H,34,38)(H,35,39)(H,36,40)(H,37,41). The molecule has 0 aromatic heterocycles. The lowest BCUT2D eigenvalue weighted by Crippen LogP contribution is -2.52. The first-order chi connectivity index (χ1) is 19.9. The van der Waals surface area contributed by atoms with Crippen molar-refractivity contribution in [2.24, 2.45) is 5.41 Å². The second-order valence-electron chi connectivity index (χ2n) is 9.38. The molecule has 0 heterocycles. The lowest BCUT2D eigenvalue weighted by molar-refractivity contribution is -0.144. The number of rotatable bonds is 11. The van der Waals surface area contributed by atoms with Gasteiger partial charge in [-0.3, -0.25) is 19.2 Å². The largest absolute Gasteiger partial charge is 0.326 e. The molecule has 0 aliphatic rings. The quantitative estimate of drug-likeness (QED) is 0.193. The molecular weight excluding hydrogens is 523 g/mol. The van der Waals surface area contributed by atoms with E-state index in [-0.39, 0.29) is 0 Å². The smallest absolute Gasteiger partial charge is 0.260 e. The van der Waals surface area contributed by atoms with Crippen LogP contribution in [0.1, 0.15) is 12.8 Å². The normalized spacial score (nSPS) is 11.5. The van der Waals surface area contributed by atoms with Crippen LogP contribution in [0.3, 0.4) is 0 Å². The fraction of sp³-hybridized carbons (Fsp3) is 0.125. The number of carbonyl (C=O) groups excluding carboxylic acids is 4. The molecule has 4 aromatic carbocycles. The Kier molecular flexibility index (Phi) is 9.56.